The Balaban J connectivity index is 2.16. The van der Waals surface area contributed by atoms with Gasteiger partial charge in [0.15, 0.2) is 5.78 Å². The summed E-state index contributed by atoms with van der Waals surface area (Å²) >= 11 is 4.84. The molecule has 3 heteroatoms. The first kappa shape index (κ1) is 11.3. The van der Waals surface area contributed by atoms with E-state index in [2.05, 4.69) is 22.0 Å². The fraction of sp³-hybridized carbons (Fsp3) is 0. The quantitative estimate of drug-likeness (QED) is 0.615. The Labute approximate surface area is 107 Å². The van der Waals surface area contributed by atoms with Crippen molar-refractivity contribution >= 4 is 33.0 Å². The first-order chi connectivity index (χ1) is 7.77. The third-order valence-corrected chi connectivity index (χ3v) is 3.57. The van der Waals surface area contributed by atoms with Crippen LogP contribution >= 0.6 is 27.3 Å². The van der Waals surface area contributed by atoms with Crippen LogP contribution in [0.3, 0.4) is 0 Å². The summed E-state index contributed by atoms with van der Waals surface area (Å²) in [7, 11) is 0. The van der Waals surface area contributed by atoms with E-state index >= 15 is 0 Å². The number of benzene rings is 1. The molecule has 0 aliphatic heterocycles. The Morgan fingerprint density at radius 1 is 1.25 bits per heavy atom. The van der Waals surface area contributed by atoms with Crippen LogP contribution < -0.4 is 0 Å². The molecule has 1 aromatic heterocycles. The highest BCUT2D eigenvalue weighted by Gasteiger charge is 2.02. The van der Waals surface area contributed by atoms with Gasteiger partial charge in [-0.1, -0.05) is 40.2 Å². The summed E-state index contributed by atoms with van der Waals surface area (Å²) in [5.41, 5.74) is 0.882. The average Bonchev–Trinajstić information content (AvgIpc) is 2.81. The number of carbonyl (C=O) groups is 1. The van der Waals surface area contributed by atoms with Gasteiger partial charge in [0.25, 0.3) is 0 Å². The van der Waals surface area contributed by atoms with Crippen molar-refractivity contribution in [2.45, 2.75) is 0 Å². The Hall–Kier alpha value is -1.19. The molecule has 0 spiro atoms. The van der Waals surface area contributed by atoms with Crippen LogP contribution in [0.15, 0.2) is 52.3 Å². The maximum absolute atomic E-state index is 11.7. The molecule has 0 atom stereocenters. The lowest BCUT2D eigenvalue weighted by atomic mass is 10.2. The maximum atomic E-state index is 11.7. The SMILES string of the molecule is O=C(/C=[C]/c1ccccc1Br)c1cccs1. The lowest BCUT2D eigenvalue weighted by Crippen LogP contribution is -1.89. The topological polar surface area (TPSA) is 17.1 Å². The molecule has 2 rings (SSSR count). The molecule has 1 heterocycles. The van der Waals surface area contributed by atoms with Crippen LogP contribution in [0.4, 0.5) is 0 Å². The minimum atomic E-state index is -0.00856. The number of rotatable bonds is 3. The molecule has 0 bridgehead atoms. The minimum absolute atomic E-state index is 0.00856. The molecule has 0 aliphatic carbocycles. The molecule has 79 valence electrons. The zero-order valence-electron chi connectivity index (χ0n) is 8.31. The lowest BCUT2D eigenvalue weighted by Gasteiger charge is -1.95. The molecule has 2 aromatic rings. The van der Waals surface area contributed by atoms with Gasteiger partial charge in [0, 0.05) is 4.47 Å². The summed E-state index contributed by atoms with van der Waals surface area (Å²) in [5, 5.41) is 1.89. The van der Waals surface area contributed by atoms with Crippen molar-refractivity contribution in [2.75, 3.05) is 0 Å². The second-order valence-electron chi connectivity index (χ2n) is 3.11. The Bertz CT molecular complexity index is 514. The van der Waals surface area contributed by atoms with Gasteiger partial charge in [0.2, 0.25) is 0 Å². The first-order valence-electron chi connectivity index (χ1n) is 4.69. The summed E-state index contributed by atoms with van der Waals surface area (Å²) in [4.78, 5) is 12.4. The van der Waals surface area contributed by atoms with Crippen LogP contribution in [0.2, 0.25) is 0 Å². The third-order valence-electron chi connectivity index (χ3n) is 2.00. The number of halogens is 1. The van der Waals surface area contributed by atoms with Crippen molar-refractivity contribution in [2.24, 2.45) is 0 Å². The van der Waals surface area contributed by atoms with Crippen molar-refractivity contribution in [1.29, 1.82) is 0 Å². The molecule has 0 saturated carbocycles. The van der Waals surface area contributed by atoms with Gasteiger partial charge in [-0.2, -0.15) is 0 Å². The number of carbonyl (C=O) groups excluding carboxylic acids is 1. The van der Waals surface area contributed by atoms with E-state index in [1.165, 1.54) is 17.4 Å². The van der Waals surface area contributed by atoms with Gasteiger partial charge in [-0.05, 0) is 35.2 Å². The van der Waals surface area contributed by atoms with Crippen molar-refractivity contribution in [1.82, 2.24) is 0 Å². The molecule has 0 amide bonds. The molecule has 1 aromatic carbocycles. The highest BCUT2D eigenvalue weighted by atomic mass is 79.9. The van der Waals surface area contributed by atoms with Gasteiger partial charge in [-0.3, -0.25) is 4.79 Å². The number of ketones is 1. The lowest BCUT2D eigenvalue weighted by molar-refractivity contribution is 0.105. The number of hydrogen-bond donors (Lipinski definition) is 0. The Morgan fingerprint density at radius 2 is 2.06 bits per heavy atom. The molecule has 0 fully saturated rings. The molecule has 0 aliphatic rings. The number of hydrogen-bond acceptors (Lipinski definition) is 2. The Kier molecular flexibility index (Phi) is 3.70. The molecule has 0 unspecified atom stereocenters. The van der Waals surface area contributed by atoms with Gasteiger partial charge in [0.05, 0.1) is 4.88 Å². The fourth-order valence-electron chi connectivity index (χ4n) is 1.21. The summed E-state index contributed by atoms with van der Waals surface area (Å²) in [5.74, 6) is -0.00856. The summed E-state index contributed by atoms with van der Waals surface area (Å²) in [6.45, 7) is 0. The fourth-order valence-corrected chi connectivity index (χ4v) is 2.25. The highest BCUT2D eigenvalue weighted by Crippen LogP contribution is 2.16. The summed E-state index contributed by atoms with van der Waals surface area (Å²) in [6.07, 6.45) is 4.46. The van der Waals surface area contributed by atoms with Crippen molar-refractivity contribution < 1.29 is 4.79 Å². The second kappa shape index (κ2) is 5.23. The maximum Gasteiger partial charge on any atom is 0.196 e. The van der Waals surface area contributed by atoms with E-state index in [1.54, 1.807) is 0 Å². The number of allylic oxidation sites excluding steroid dienone is 1. The zero-order chi connectivity index (χ0) is 11.4. The first-order valence-corrected chi connectivity index (χ1v) is 6.37. The normalized spacial score (nSPS) is 10.8. The predicted molar refractivity (Wildman–Crippen MR) is 69.7 cm³/mol. The molecule has 0 N–H and O–H groups in total. The van der Waals surface area contributed by atoms with Gasteiger partial charge < -0.3 is 0 Å². The van der Waals surface area contributed by atoms with E-state index in [0.717, 1.165) is 14.9 Å². The van der Waals surface area contributed by atoms with Crippen molar-refractivity contribution in [3.05, 3.63) is 68.8 Å². The summed E-state index contributed by atoms with van der Waals surface area (Å²) in [6, 6.07) is 11.3. The molecular weight excluding hydrogens is 284 g/mol. The molecule has 0 saturated heterocycles. The van der Waals surface area contributed by atoms with Gasteiger partial charge in [-0.15, -0.1) is 11.3 Å². The van der Waals surface area contributed by atoms with Crippen LogP contribution in [-0.4, -0.2) is 5.78 Å². The van der Waals surface area contributed by atoms with Crippen LogP contribution in [0.5, 0.6) is 0 Å². The van der Waals surface area contributed by atoms with E-state index in [9.17, 15) is 4.79 Å². The van der Waals surface area contributed by atoms with E-state index in [4.69, 9.17) is 0 Å². The van der Waals surface area contributed by atoms with Crippen LogP contribution in [0.25, 0.3) is 0 Å². The Morgan fingerprint density at radius 3 is 2.75 bits per heavy atom. The minimum Gasteiger partial charge on any atom is -0.288 e. The predicted octanol–water partition coefficient (Wildman–Crippen LogP) is 4.10. The summed E-state index contributed by atoms with van der Waals surface area (Å²) < 4.78 is 0.935. The molecular formula is C13H8BrOS. The smallest absolute Gasteiger partial charge is 0.196 e. The van der Waals surface area contributed by atoms with Gasteiger partial charge in [-0.25, -0.2) is 0 Å². The van der Waals surface area contributed by atoms with E-state index in [-0.39, 0.29) is 5.78 Å². The van der Waals surface area contributed by atoms with E-state index < -0.39 is 0 Å². The van der Waals surface area contributed by atoms with Crippen molar-refractivity contribution in [3.8, 4) is 0 Å². The van der Waals surface area contributed by atoms with Crippen LogP contribution in [-0.2, 0) is 0 Å². The highest BCUT2D eigenvalue weighted by molar-refractivity contribution is 9.10. The van der Waals surface area contributed by atoms with E-state index in [1.807, 2.05) is 41.8 Å². The average molecular weight is 292 g/mol. The molecule has 1 nitrogen and oxygen atoms in total. The van der Waals surface area contributed by atoms with Gasteiger partial charge >= 0.3 is 0 Å². The second-order valence-corrected chi connectivity index (χ2v) is 4.91. The zero-order valence-corrected chi connectivity index (χ0v) is 10.7. The standard InChI is InChI=1S/C13H8BrOS/c14-11-5-2-1-4-10(11)7-8-12(15)13-6-3-9-16-13/h1-6,8-9H. The van der Waals surface area contributed by atoms with Crippen molar-refractivity contribution in [3.63, 3.8) is 0 Å². The molecule has 1 radical (unpaired) electrons. The monoisotopic (exact) mass is 291 g/mol. The van der Waals surface area contributed by atoms with E-state index in [0.29, 0.717) is 0 Å². The largest absolute Gasteiger partial charge is 0.288 e. The van der Waals surface area contributed by atoms with Crippen LogP contribution in [0, 0.1) is 6.08 Å². The van der Waals surface area contributed by atoms with Crippen LogP contribution in [0.1, 0.15) is 15.2 Å². The number of thiophene rings is 1. The third kappa shape index (κ3) is 2.68. The van der Waals surface area contributed by atoms with Gasteiger partial charge in [0.1, 0.15) is 0 Å². The molecule has 16 heavy (non-hydrogen) atoms.